The molecule has 1 amide bonds. The Bertz CT molecular complexity index is 998. The van der Waals surface area contributed by atoms with Gasteiger partial charge in [-0.1, -0.05) is 6.07 Å². The Hall–Kier alpha value is -3.41. The van der Waals surface area contributed by atoms with Crippen LogP contribution in [0.5, 0.6) is 0 Å². The summed E-state index contributed by atoms with van der Waals surface area (Å²) in [6.07, 6.45) is 1.82. The third-order valence-corrected chi connectivity index (χ3v) is 5.01. The molecule has 7 nitrogen and oxygen atoms in total. The van der Waals surface area contributed by atoms with E-state index in [0.717, 1.165) is 12.8 Å². The molecule has 0 saturated heterocycles. The van der Waals surface area contributed by atoms with Crippen LogP contribution in [-0.2, 0) is 16.0 Å². The molecule has 1 N–H and O–H groups in total. The molecule has 1 fully saturated rings. The molecule has 1 aromatic heterocycles. The topological polar surface area (TPSA) is 99.0 Å². The van der Waals surface area contributed by atoms with Crippen molar-refractivity contribution in [1.29, 1.82) is 5.26 Å². The van der Waals surface area contributed by atoms with Crippen molar-refractivity contribution in [3.05, 3.63) is 41.9 Å². The third kappa shape index (κ3) is 5.81. The summed E-state index contributed by atoms with van der Waals surface area (Å²) in [6.45, 7) is 0. The van der Waals surface area contributed by atoms with E-state index in [2.05, 4.69) is 15.3 Å². The number of likely N-dealkylation sites (N-methyl/N-ethyl adjacent to an activating group) is 1. The van der Waals surface area contributed by atoms with Crippen LogP contribution in [-0.4, -0.2) is 53.1 Å². The van der Waals surface area contributed by atoms with Gasteiger partial charge in [-0.25, -0.2) is 8.78 Å². The summed E-state index contributed by atoms with van der Waals surface area (Å²) < 4.78 is 26.0. The van der Waals surface area contributed by atoms with Gasteiger partial charge < -0.3 is 10.2 Å². The molecule has 1 heterocycles. The number of carbonyl (C=O) groups excluding carboxylic acids is 2. The highest BCUT2D eigenvalue weighted by Gasteiger charge is 2.29. The second-order valence-corrected chi connectivity index (χ2v) is 7.74. The highest BCUT2D eigenvalue weighted by molar-refractivity contribution is 5.86. The van der Waals surface area contributed by atoms with Gasteiger partial charge in [0.15, 0.2) is 0 Å². The minimum atomic E-state index is -2.69. The molecule has 1 aliphatic rings. The Morgan fingerprint density at radius 1 is 1.26 bits per heavy atom. The zero-order chi connectivity index (χ0) is 22.5. The second kappa shape index (κ2) is 9.60. The van der Waals surface area contributed by atoms with E-state index in [1.54, 1.807) is 12.1 Å². The fourth-order valence-electron chi connectivity index (χ4n) is 3.14. The van der Waals surface area contributed by atoms with E-state index in [4.69, 9.17) is 0 Å². The van der Waals surface area contributed by atoms with Gasteiger partial charge >= 0.3 is 0 Å². The van der Waals surface area contributed by atoms with Crippen LogP contribution >= 0.6 is 0 Å². The van der Waals surface area contributed by atoms with Crippen LogP contribution in [0.25, 0.3) is 11.3 Å². The molecule has 0 aliphatic heterocycles. The highest BCUT2D eigenvalue weighted by Crippen LogP contribution is 2.31. The van der Waals surface area contributed by atoms with Crippen LogP contribution < -0.4 is 5.32 Å². The Morgan fingerprint density at radius 3 is 2.55 bits per heavy atom. The van der Waals surface area contributed by atoms with Crippen LogP contribution in [0.4, 0.5) is 14.5 Å². The lowest BCUT2D eigenvalue weighted by Crippen LogP contribution is -2.40. The lowest BCUT2D eigenvalue weighted by molar-refractivity contribution is -0.130. The molecule has 0 bridgehead atoms. The predicted octanol–water partition coefficient (Wildman–Crippen LogP) is 3.06. The van der Waals surface area contributed by atoms with Gasteiger partial charge in [-0.15, -0.1) is 0 Å². The highest BCUT2D eigenvalue weighted by atomic mass is 19.3. The lowest BCUT2D eigenvalue weighted by Gasteiger charge is -2.23. The van der Waals surface area contributed by atoms with Gasteiger partial charge in [0.2, 0.25) is 12.3 Å². The second-order valence-electron chi connectivity index (χ2n) is 7.74. The van der Waals surface area contributed by atoms with Crippen molar-refractivity contribution in [1.82, 2.24) is 14.9 Å². The standard InChI is InChI=1S/C22H23F2N5O2/c1-29(2)22(31)18(9-21(23)24)28-17-7-14(5-6-15(17)10-25)19-12-26-16(11-27-19)8-20(30)13-3-4-13/h5-7,11-13,18,21,28H,3-4,8-9H2,1-2H3. The number of nitrogens with zero attached hydrogens (tertiary/aromatic N) is 4. The van der Waals surface area contributed by atoms with Gasteiger partial charge in [0.05, 0.1) is 35.3 Å². The van der Waals surface area contributed by atoms with Crippen molar-refractivity contribution in [2.24, 2.45) is 5.92 Å². The van der Waals surface area contributed by atoms with E-state index in [1.165, 1.54) is 37.5 Å². The van der Waals surface area contributed by atoms with Gasteiger partial charge in [0.1, 0.15) is 17.9 Å². The summed E-state index contributed by atoms with van der Waals surface area (Å²) in [5.41, 5.74) is 2.16. The van der Waals surface area contributed by atoms with Crippen molar-refractivity contribution in [2.45, 2.75) is 38.2 Å². The quantitative estimate of drug-likeness (QED) is 0.660. The van der Waals surface area contributed by atoms with Gasteiger partial charge in [-0.3, -0.25) is 19.6 Å². The number of amides is 1. The molecule has 0 radical (unpaired) electrons. The monoisotopic (exact) mass is 427 g/mol. The van der Waals surface area contributed by atoms with E-state index in [0.29, 0.717) is 17.0 Å². The molecule has 3 rings (SSSR count). The third-order valence-electron chi connectivity index (χ3n) is 5.01. The minimum Gasteiger partial charge on any atom is -0.372 e. The van der Waals surface area contributed by atoms with Gasteiger partial charge in [-0.05, 0) is 25.0 Å². The van der Waals surface area contributed by atoms with Crippen molar-refractivity contribution in [2.75, 3.05) is 19.4 Å². The number of nitrogens with one attached hydrogen (secondary N) is 1. The molecule has 1 atom stereocenters. The van der Waals surface area contributed by atoms with Crippen LogP contribution in [0, 0.1) is 17.2 Å². The molecule has 1 aromatic carbocycles. The van der Waals surface area contributed by atoms with Crippen LogP contribution in [0.15, 0.2) is 30.6 Å². The molecular formula is C22H23F2N5O2. The Kier molecular flexibility index (Phi) is 6.90. The molecule has 2 aromatic rings. The maximum Gasteiger partial charge on any atom is 0.244 e. The number of Topliss-reactive ketones (excluding diaryl/α,β-unsaturated/α-hetero) is 1. The molecule has 1 unspecified atom stereocenters. The largest absolute Gasteiger partial charge is 0.372 e. The Balaban J connectivity index is 1.83. The van der Waals surface area contributed by atoms with E-state index >= 15 is 0 Å². The van der Waals surface area contributed by atoms with E-state index in [9.17, 15) is 23.6 Å². The molecule has 162 valence electrons. The van der Waals surface area contributed by atoms with Crippen molar-refractivity contribution >= 4 is 17.4 Å². The summed E-state index contributed by atoms with van der Waals surface area (Å²) in [5.74, 6) is -0.193. The van der Waals surface area contributed by atoms with Crippen molar-refractivity contribution in [3.63, 3.8) is 0 Å². The summed E-state index contributed by atoms with van der Waals surface area (Å²) in [7, 11) is 2.96. The van der Waals surface area contributed by atoms with Crippen LogP contribution in [0.1, 0.15) is 30.5 Å². The van der Waals surface area contributed by atoms with Crippen molar-refractivity contribution in [3.8, 4) is 17.3 Å². The maximum absolute atomic E-state index is 13.0. The number of benzene rings is 1. The zero-order valence-corrected chi connectivity index (χ0v) is 17.3. The molecule has 0 spiro atoms. The summed E-state index contributed by atoms with van der Waals surface area (Å²) in [4.78, 5) is 34.1. The van der Waals surface area contributed by atoms with Gasteiger partial charge in [0.25, 0.3) is 0 Å². The number of carbonyl (C=O) groups is 2. The first-order valence-electron chi connectivity index (χ1n) is 9.92. The average Bonchev–Trinajstić information content (AvgIpc) is 3.58. The van der Waals surface area contributed by atoms with E-state index in [1.807, 2.05) is 6.07 Å². The number of aromatic nitrogens is 2. The summed E-state index contributed by atoms with van der Waals surface area (Å²) in [6, 6.07) is 5.60. The first-order valence-corrected chi connectivity index (χ1v) is 9.92. The molecule has 1 saturated carbocycles. The first-order chi connectivity index (χ1) is 14.8. The summed E-state index contributed by atoms with van der Waals surface area (Å²) >= 11 is 0. The molecule has 9 heteroatoms. The first kappa shape index (κ1) is 22.3. The summed E-state index contributed by atoms with van der Waals surface area (Å²) in [5, 5.41) is 12.2. The number of nitriles is 1. The Morgan fingerprint density at radius 2 is 2.00 bits per heavy atom. The zero-order valence-electron chi connectivity index (χ0n) is 17.3. The fraction of sp³-hybridized carbons (Fsp3) is 0.409. The van der Waals surface area contributed by atoms with Gasteiger partial charge in [-0.2, -0.15) is 5.26 Å². The van der Waals surface area contributed by atoms with E-state index in [-0.39, 0.29) is 29.4 Å². The van der Waals surface area contributed by atoms with Crippen LogP contribution in [0.3, 0.4) is 0 Å². The number of alkyl halides is 2. The number of hydrogen-bond acceptors (Lipinski definition) is 6. The van der Waals surface area contributed by atoms with Gasteiger partial charge in [0, 0.05) is 38.2 Å². The predicted molar refractivity (Wildman–Crippen MR) is 110 cm³/mol. The number of hydrogen-bond donors (Lipinski definition) is 1. The lowest BCUT2D eigenvalue weighted by atomic mass is 10.1. The number of anilines is 1. The molecular weight excluding hydrogens is 404 g/mol. The van der Waals surface area contributed by atoms with Crippen LogP contribution in [0.2, 0.25) is 0 Å². The average molecular weight is 427 g/mol. The molecule has 31 heavy (non-hydrogen) atoms. The Labute approximate surface area is 179 Å². The SMILES string of the molecule is CN(C)C(=O)C(CC(F)F)Nc1cc(-c2cnc(CC(=O)C3CC3)cn2)ccc1C#N. The smallest absolute Gasteiger partial charge is 0.244 e. The number of halogens is 2. The fourth-order valence-corrected chi connectivity index (χ4v) is 3.14. The normalized spacial score (nSPS) is 14.1. The van der Waals surface area contributed by atoms with Crippen molar-refractivity contribution < 1.29 is 18.4 Å². The van der Waals surface area contributed by atoms with E-state index < -0.39 is 24.8 Å². The maximum atomic E-state index is 13.0. The minimum absolute atomic E-state index is 0.152. The molecule has 1 aliphatic carbocycles. The number of rotatable bonds is 9. The number of ketones is 1.